The molecule has 0 radical (unpaired) electrons. The molecule has 0 nitrogen and oxygen atoms in total. The van der Waals surface area contributed by atoms with Crippen molar-refractivity contribution >= 4 is 21.4 Å². The van der Waals surface area contributed by atoms with Crippen LogP contribution < -0.4 is 0 Å². The Labute approximate surface area is 100 Å². The molecule has 2 heteroatoms. The molecule has 16 heavy (non-hydrogen) atoms. The van der Waals surface area contributed by atoms with Crippen LogP contribution in [0.15, 0.2) is 24.3 Å². The molecule has 0 N–H and O–H groups in total. The quantitative estimate of drug-likeness (QED) is 0.629. The molecule has 0 unspecified atom stereocenters. The first-order valence-electron chi connectivity index (χ1n) is 5.97. The number of benzene rings is 1. The Kier molecular flexibility index (Phi) is 3.94. The molecule has 0 aliphatic heterocycles. The van der Waals surface area contributed by atoms with Gasteiger partial charge in [-0.25, -0.2) is 4.39 Å². The predicted octanol–water partition coefficient (Wildman–Crippen LogP) is 5.16. The Balaban J connectivity index is 2.02. The van der Waals surface area contributed by atoms with Crippen LogP contribution in [0.2, 0.25) is 0 Å². The van der Waals surface area contributed by atoms with Crippen LogP contribution in [-0.2, 0) is 6.42 Å². The van der Waals surface area contributed by atoms with Gasteiger partial charge in [0, 0.05) is 9.58 Å². The molecule has 1 aromatic carbocycles. The Hall–Kier alpha value is -0.890. The summed E-state index contributed by atoms with van der Waals surface area (Å²) in [5.41, 5.74) is 0. The van der Waals surface area contributed by atoms with Crippen LogP contribution in [0, 0.1) is 5.82 Å². The Bertz CT molecular complexity index is 459. The summed E-state index contributed by atoms with van der Waals surface area (Å²) in [6.07, 6.45) is 6.29. The smallest absolute Gasteiger partial charge is 0.124 e. The molecule has 0 bridgehead atoms. The van der Waals surface area contributed by atoms with Crippen LogP contribution in [-0.4, -0.2) is 0 Å². The van der Waals surface area contributed by atoms with Crippen molar-refractivity contribution in [3.63, 3.8) is 0 Å². The van der Waals surface area contributed by atoms with Gasteiger partial charge in [-0.1, -0.05) is 32.3 Å². The summed E-state index contributed by atoms with van der Waals surface area (Å²) < 4.78 is 14.1. The fraction of sp³-hybridized carbons (Fsp3) is 0.429. The van der Waals surface area contributed by atoms with E-state index >= 15 is 0 Å². The van der Waals surface area contributed by atoms with Crippen molar-refractivity contribution in [2.24, 2.45) is 0 Å². The first-order chi connectivity index (χ1) is 7.79. The predicted molar refractivity (Wildman–Crippen MR) is 69.6 cm³/mol. The number of aryl methyl sites for hydroxylation is 1. The van der Waals surface area contributed by atoms with Crippen molar-refractivity contribution in [3.05, 3.63) is 35.0 Å². The van der Waals surface area contributed by atoms with Gasteiger partial charge < -0.3 is 0 Å². The van der Waals surface area contributed by atoms with E-state index < -0.39 is 0 Å². The third kappa shape index (κ3) is 2.82. The van der Waals surface area contributed by atoms with Gasteiger partial charge in [-0.15, -0.1) is 11.3 Å². The van der Waals surface area contributed by atoms with Crippen LogP contribution >= 0.6 is 11.3 Å². The molecule has 0 fully saturated rings. The minimum atomic E-state index is -0.133. The van der Waals surface area contributed by atoms with Gasteiger partial charge in [-0.05, 0) is 36.4 Å². The molecule has 0 spiro atoms. The second kappa shape index (κ2) is 5.44. The van der Waals surface area contributed by atoms with E-state index in [1.807, 2.05) is 6.07 Å². The normalized spacial score (nSPS) is 11.1. The SMILES string of the molecule is CCCCCCc1cc2ccc(F)cc2s1. The zero-order valence-electron chi connectivity index (χ0n) is 9.63. The number of rotatable bonds is 5. The lowest BCUT2D eigenvalue weighted by Crippen LogP contribution is -1.80. The molecule has 2 rings (SSSR count). The van der Waals surface area contributed by atoms with Crippen LogP contribution in [0.25, 0.3) is 10.1 Å². The third-order valence-corrected chi connectivity index (χ3v) is 3.97. The average molecular weight is 236 g/mol. The van der Waals surface area contributed by atoms with Gasteiger partial charge in [0.15, 0.2) is 0 Å². The molecule has 0 atom stereocenters. The molecule has 2 aromatic rings. The van der Waals surface area contributed by atoms with Crippen molar-refractivity contribution in [1.82, 2.24) is 0 Å². The molecule has 86 valence electrons. The maximum atomic E-state index is 13.0. The second-order valence-corrected chi connectivity index (χ2v) is 5.37. The lowest BCUT2D eigenvalue weighted by atomic mass is 10.1. The van der Waals surface area contributed by atoms with Crippen molar-refractivity contribution in [2.45, 2.75) is 39.0 Å². The van der Waals surface area contributed by atoms with Gasteiger partial charge >= 0.3 is 0 Å². The Morgan fingerprint density at radius 2 is 2.00 bits per heavy atom. The summed E-state index contributed by atoms with van der Waals surface area (Å²) in [6, 6.07) is 7.24. The van der Waals surface area contributed by atoms with Crippen molar-refractivity contribution in [1.29, 1.82) is 0 Å². The third-order valence-electron chi connectivity index (χ3n) is 2.81. The van der Waals surface area contributed by atoms with E-state index in [2.05, 4.69) is 13.0 Å². The molecule has 1 heterocycles. The van der Waals surface area contributed by atoms with E-state index in [9.17, 15) is 4.39 Å². The lowest BCUT2D eigenvalue weighted by Gasteiger charge is -1.96. The number of thiophene rings is 1. The van der Waals surface area contributed by atoms with Crippen molar-refractivity contribution in [3.8, 4) is 0 Å². The minimum absolute atomic E-state index is 0.133. The molecule has 0 saturated carbocycles. The molecular formula is C14H17FS. The Morgan fingerprint density at radius 3 is 2.81 bits per heavy atom. The summed E-state index contributed by atoms with van der Waals surface area (Å²) in [5, 5.41) is 1.18. The zero-order valence-corrected chi connectivity index (χ0v) is 10.4. The number of hydrogen-bond acceptors (Lipinski definition) is 1. The largest absolute Gasteiger partial charge is 0.207 e. The van der Waals surface area contributed by atoms with E-state index in [0.29, 0.717) is 0 Å². The monoisotopic (exact) mass is 236 g/mol. The molecule has 1 aromatic heterocycles. The van der Waals surface area contributed by atoms with Crippen molar-refractivity contribution in [2.75, 3.05) is 0 Å². The molecule has 0 aliphatic carbocycles. The minimum Gasteiger partial charge on any atom is -0.207 e. The summed E-state index contributed by atoms with van der Waals surface area (Å²) >= 11 is 1.73. The van der Waals surface area contributed by atoms with Crippen LogP contribution in [0.1, 0.15) is 37.5 Å². The fourth-order valence-corrected chi connectivity index (χ4v) is 3.04. The molecular weight excluding hydrogens is 219 g/mol. The van der Waals surface area contributed by atoms with E-state index in [-0.39, 0.29) is 5.82 Å². The number of unbranched alkanes of at least 4 members (excludes halogenated alkanes) is 3. The molecule has 0 saturated heterocycles. The highest BCUT2D eigenvalue weighted by atomic mass is 32.1. The second-order valence-electron chi connectivity index (χ2n) is 4.21. The van der Waals surface area contributed by atoms with Gasteiger partial charge in [0.25, 0.3) is 0 Å². The van der Waals surface area contributed by atoms with Gasteiger partial charge in [-0.2, -0.15) is 0 Å². The van der Waals surface area contributed by atoms with Gasteiger partial charge in [-0.3, -0.25) is 0 Å². The van der Waals surface area contributed by atoms with Crippen molar-refractivity contribution < 1.29 is 4.39 Å². The number of hydrogen-bond donors (Lipinski definition) is 0. The highest BCUT2D eigenvalue weighted by molar-refractivity contribution is 7.19. The summed E-state index contributed by atoms with van der Waals surface area (Å²) in [5.74, 6) is -0.133. The summed E-state index contributed by atoms with van der Waals surface area (Å²) in [6.45, 7) is 2.22. The maximum Gasteiger partial charge on any atom is 0.124 e. The molecule has 0 aliphatic rings. The number of halogens is 1. The van der Waals surface area contributed by atoms with Crippen LogP contribution in [0.5, 0.6) is 0 Å². The lowest BCUT2D eigenvalue weighted by molar-refractivity contribution is 0.630. The van der Waals surface area contributed by atoms with E-state index in [1.54, 1.807) is 17.4 Å². The average Bonchev–Trinajstić information content (AvgIpc) is 2.66. The van der Waals surface area contributed by atoms with E-state index in [4.69, 9.17) is 0 Å². The summed E-state index contributed by atoms with van der Waals surface area (Å²) in [4.78, 5) is 1.39. The maximum absolute atomic E-state index is 13.0. The highest BCUT2D eigenvalue weighted by Gasteiger charge is 2.02. The van der Waals surface area contributed by atoms with Gasteiger partial charge in [0.1, 0.15) is 5.82 Å². The highest BCUT2D eigenvalue weighted by Crippen LogP contribution is 2.27. The van der Waals surface area contributed by atoms with Crippen LogP contribution in [0.4, 0.5) is 4.39 Å². The zero-order chi connectivity index (χ0) is 11.4. The summed E-state index contributed by atoms with van der Waals surface area (Å²) in [7, 11) is 0. The van der Waals surface area contributed by atoms with Gasteiger partial charge in [0.05, 0.1) is 0 Å². The van der Waals surface area contributed by atoms with E-state index in [0.717, 1.165) is 11.1 Å². The molecule has 0 amide bonds. The standard InChI is InChI=1S/C14H17FS/c1-2-3-4-5-6-13-9-11-7-8-12(15)10-14(11)16-13/h7-10H,2-6H2,1H3. The van der Waals surface area contributed by atoms with E-state index in [1.165, 1.54) is 42.0 Å². The van der Waals surface area contributed by atoms with Crippen LogP contribution in [0.3, 0.4) is 0 Å². The first-order valence-corrected chi connectivity index (χ1v) is 6.79. The Morgan fingerprint density at radius 1 is 1.12 bits per heavy atom. The first kappa shape index (κ1) is 11.6. The topological polar surface area (TPSA) is 0 Å². The number of fused-ring (bicyclic) bond motifs is 1. The fourth-order valence-electron chi connectivity index (χ4n) is 1.91. The van der Waals surface area contributed by atoms with Gasteiger partial charge in [0.2, 0.25) is 0 Å².